The molecule has 2 amide bonds. The molecule has 0 N–H and O–H groups in total. The smallest absolute Gasteiger partial charge is 0.336 e. The molecule has 5 aromatic rings. The van der Waals surface area contributed by atoms with Gasteiger partial charge < -0.3 is 9.80 Å². The van der Waals surface area contributed by atoms with Crippen molar-refractivity contribution in [2.75, 3.05) is 6.54 Å². The first kappa shape index (κ1) is 32.3. The third-order valence-electron chi connectivity index (χ3n) is 8.31. The standard InChI is InChI=1S/C38H32F3N5O2/c39-38(40,41)32-16-11-27(12-17-32)13-18-36(47)46(25-28-9-14-30(15-10-28)33-8-3-4-20-42-33)34(24-35-43-21-5-22-44-35)37(48)45-23-19-29-6-1-2-7-31(29)26-45/h1-18,20-22,34H,19,23-26H2. The van der Waals surface area contributed by atoms with Gasteiger partial charge in [0.25, 0.3) is 0 Å². The number of amides is 2. The Balaban J connectivity index is 1.34. The fraction of sp³-hybridized carbons (Fsp3) is 0.184. The molecule has 48 heavy (non-hydrogen) atoms. The highest BCUT2D eigenvalue weighted by molar-refractivity contribution is 5.95. The largest absolute Gasteiger partial charge is 0.416 e. The lowest BCUT2D eigenvalue weighted by Crippen LogP contribution is -2.52. The zero-order valence-electron chi connectivity index (χ0n) is 25.9. The van der Waals surface area contributed by atoms with Crippen LogP contribution in [-0.2, 0) is 41.7 Å². The summed E-state index contributed by atoms with van der Waals surface area (Å²) >= 11 is 0. The van der Waals surface area contributed by atoms with Crippen LogP contribution in [-0.4, -0.2) is 49.2 Å². The normalized spacial score (nSPS) is 13.6. The SMILES string of the molecule is O=C(C(Cc1ncccn1)N(Cc1ccc(-c2ccccn2)cc1)C(=O)C=Cc1ccc(C(F)(F)F)cc1)N1CCc2ccccc2C1. The number of fused-ring (bicyclic) bond motifs is 1. The number of carbonyl (C=O) groups is 2. The number of hydrogen-bond donors (Lipinski definition) is 0. The van der Waals surface area contributed by atoms with Crippen molar-refractivity contribution >= 4 is 17.9 Å². The Kier molecular flexibility index (Phi) is 9.70. The van der Waals surface area contributed by atoms with Crippen LogP contribution >= 0.6 is 0 Å². The lowest BCUT2D eigenvalue weighted by molar-refractivity contribution is -0.144. The number of carbonyl (C=O) groups excluding carboxylic acids is 2. The number of halogens is 3. The molecule has 1 aliphatic rings. The molecule has 1 atom stereocenters. The van der Waals surface area contributed by atoms with Crippen molar-refractivity contribution in [3.63, 3.8) is 0 Å². The van der Waals surface area contributed by atoms with Crippen LogP contribution in [0.2, 0.25) is 0 Å². The highest BCUT2D eigenvalue weighted by Crippen LogP contribution is 2.29. The molecule has 1 aliphatic heterocycles. The van der Waals surface area contributed by atoms with E-state index >= 15 is 0 Å². The Labute approximate surface area is 276 Å². The van der Waals surface area contributed by atoms with E-state index in [0.29, 0.717) is 30.9 Å². The molecule has 0 aliphatic carbocycles. The van der Waals surface area contributed by atoms with Gasteiger partial charge in [0.05, 0.1) is 11.3 Å². The molecule has 0 saturated carbocycles. The predicted molar refractivity (Wildman–Crippen MR) is 176 cm³/mol. The number of pyridine rings is 1. The van der Waals surface area contributed by atoms with Crippen molar-refractivity contribution in [2.45, 2.75) is 38.1 Å². The average molecular weight is 648 g/mol. The molecule has 7 nitrogen and oxygen atoms in total. The van der Waals surface area contributed by atoms with Gasteiger partial charge in [0, 0.05) is 56.3 Å². The van der Waals surface area contributed by atoms with Gasteiger partial charge in [0.1, 0.15) is 11.9 Å². The fourth-order valence-electron chi connectivity index (χ4n) is 5.73. The number of aromatic nitrogens is 3. The Morgan fingerprint density at radius 1 is 0.812 bits per heavy atom. The third kappa shape index (κ3) is 7.83. The minimum atomic E-state index is -4.47. The topological polar surface area (TPSA) is 79.3 Å². The summed E-state index contributed by atoms with van der Waals surface area (Å²) in [6.45, 7) is 0.986. The van der Waals surface area contributed by atoms with Gasteiger partial charge in [0.2, 0.25) is 11.8 Å². The zero-order valence-corrected chi connectivity index (χ0v) is 25.9. The van der Waals surface area contributed by atoms with E-state index < -0.39 is 23.7 Å². The van der Waals surface area contributed by atoms with Gasteiger partial charge in [-0.3, -0.25) is 14.6 Å². The molecule has 2 aromatic heterocycles. The summed E-state index contributed by atoms with van der Waals surface area (Å²) < 4.78 is 39.4. The summed E-state index contributed by atoms with van der Waals surface area (Å²) in [6, 6.07) is 26.5. The average Bonchev–Trinajstić information content (AvgIpc) is 3.12. The van der Waals surface area contributed by atoms with Crippen LogP contribution in [0.3, 0.4) is 0 Å². The summed E-state index contributed by atoms with van der Waals surface area (Å²) in [5.41, 5.74) is 4.35. The Morgan fingerprint density at radius 2 is 1.50 bits per heavy atom. The van der Waals surface area contributed by atoms with Crippen molar-refractivity contribution < 1.29 is 22.8 Å². The Bertz CT molecular complexity index is 1880. The van der Waals surface area contributed by atoms with Crippen LogP contribution in [0.1, 0.15) is 33.6 Å². The number of rotatable bonds is 9. The summed E-state index contributed by atoms with van der Waals surface area (Å²) in [5.74, 6) is -0.308. The second-order valence-electron chi connectivity index (χ2n) is 11.5. The second kappa shape index (κ2) is 14.4. The van der Waals surface area contributed by atoms with E-state index in [1.54, 1.807) is 29.6 Å². The van der Waals surface area contributed by atoms with Crippen LogP contribution in [0.25, 0.3) is 17.3 Å². The molecular weight excluding hydrogens is 615 g/mol. The van der Waals surface area contributed by atoms with Gasteiger partial charge >= 0.3 is 6.18 Å². The summed E-state index contributed by atoms with van der Waals surface area (Å²) in [5, 5.41) is 0. The van der Waals surface area contributed by atoms with Gasteiger partial charge in [-0.05, 0) is 65.1 Å². The zero-order chi connectivity index (χ0) is 33.5. The van der Waals surface area contributed by atoms with Gasteiger partial charge in [-0.15, -0.1) is 0 Å². The van der Waals surface area contributed by atoms with E-state index in [-0.39, 0.29) is 18.9 Å². The van der Waals surface area contributed by atoms with E-state index in [9.17, 15) is 22.8 Å². The van der Waals surface area contributed by atoms with Crippen molar-refractivity contribution in [2.24, 2.45) is 0 Å². The minimum Gasteiger partial charge on any atom is -0.336 e. The second-order valence-corrected chi connectivity index (χ2v) is 11.5. The van der Waals surface area contributed by atoms with E-state index in [1.165, 1.54) is 34.7 Å². The molecule has 0 bridgehead atoms. The maximum absolute atomic E-state index is 14.4. The summed E-state index contributed by atoms with van der Waals surface area (Å²) in [4.78, 5) is 44.9. The number of nitrogens with zero attached hydrogens (tertiary/aromatic N) is 5. The molecule has 0 spiro atoms. The van der Waals surface area contributed by atoms with Crippen LogP contribution in [0.15, 0.2) is 122 Å². The first-order valence-corrected chi connectivity index (χ1v) is 15.5. The van der Waals surface area contributed by atoms with Crippen LogP contribution < -0.4 is 0 Å². The minimum absolute atomic E-state index is 0.0731. The molecule has 3 heterocycles. The maximum Gasteiger partial charge on any atom is 0.416 e. The predicted octanol–water partition coefficient (Wildman–Crippen LogP) is 6.80. The van der Waals surface area contributed by atoms with E-state index in [4.69, 9.17) is 0 Å². The first-order valence-electron chi connectivity index (χ1n) is 15.5. The molecule has 242 valence electrons. The summed E-state index contributed by atoms with van der Waals surface area (Å²) in [7, 11) is 0. The third-order valence-corrected chi connectivity index (χ3v) is 8.31. The fourth-order valence-corrected chi connectivity index (χ4v) is 5.73. The number of hydrogen-bond acceptors (Lipinski definition) is 5. The van der Waals surface area contributed by atoms with Crippen LogP contribution in [0.4, 0.5) is 13.2 Å². The Morgan fingerprint density at radius 3 is 2.19 bits per heavy atom. The van der Waals surface area contributed by atoms with Gasteiger partial charge in [-0.1, -0.05) is 66.7 Å². The maximum atomic E-state index is 14.4. The molecule has 1 unspecified atom stereocenters. The van der Waals surface area contributed by atoms with Crippen molar-refractivity contribution in [3.05, 3.63) is 155 Å². The molecule has 10 heteroatoms. The molecule has 0 radical (unpaired) electrons. The van der Waals surface area contributed by atoms with Gasteiger partial charge in [-0.2, -0.15) is 13.2 Å². The highest BCUT2D eigenvalue weighted by Gasteiger charge is 2.35. The lowest BCUT2D eigenvalue weighted by atomic mass is 9.98. The van der Waals surface area contributed by atoms with E-state index in [1.807, 2.05) is 60.7 Å². The van der Waals surface area contributed by atoms with E-state index in [2.05, 4.69) is 21.0 Å². The Hall–Kier alpha value is -5.64. The summed E-state index contributed by atoms with van der Waals surface area (Å²) in [6.07, 6.45) is 3.94. The van der Waals surface area contributed by atoms with Crippen LogP contribution in [0.5, 0.6) is 0 Å². The molecule has 0 saturated heterocycles. The molecular formula is C38H32F3N5O2. The van der Waals surface area contributed by atoms with E-state index in [0.717, 1.165) is 34.5 Å². The highest BCUT2D eigenvalue weighted by atomic mass is 19.4. The molecule has 3 aromatic carbocycles. The first-order chi connectivity index (χ1) is 23.2. The van der Waals surface area contributed by atoms with Gasteiger partial charge in [-0.25, -0.2) is 9.97 Å². The van der Waals surface area contributed by atoms with Gasteiger partial charge in [0.15, 0.2) is 0 Å². The van der Waals surface area contributed by atoms with Crippen molar-refractivity contribution in [1.29, 1.82) is 0 Å². The van der Waals surface area contributed by atoms with Crippen LogP contribution in [0, 0.1) is 0 Å². The molecule has 0 fully saturated rings. The quantitative estimate of drug-likeness (QED) is 0.165. The molecule has 6 rings (SSSR count). The van der Waals surface area contributed by atoms with Crippen molar-refractivity contribution in [1.82, 2.24) is 24.8 Å². The lowest BCUT2D eigenvalue weighted by Gasteiger charge is -2.36. The monoisotopic (exact) mass is 647 g/mol. The number of alkyl halides is 3. The number of benzene rings is 3. The van der Waals surface area contributed by atoms with Crippen molar-refractivity contribution in [3.8, 4) is 11.3 Å².